The number of ether oxygens (including phenoxy) is 1. The van der Waals surface area contributed by atoms with Gasteiger partial charge in [-0.3, -0.25) is 14.5 Å². The van der Waals surface area contributed by atoms with Gasteiger partial charge in [-0.2, -0.15) is 0 Å². The summed E-state index contributed by atoms with van der Waals surface area (Å²) in [6, 6.07) is 0. The van der Waals surface area contributed by atoms with Crippen LogP contribution in [0, 0.1) is 12.3 Å². The Morgan fingerprint density at radius 2 is 2.29 bits per heavy atom. The van der Waals surface area contributed by atoms with Crippen LogP contribution in [-0.4, -0.2) is 36.5 Å². The van der Waals surface area contributed by atoms with Gasteiger partial charge in [-0.15, -0.1) is 6.42 Å². The van der Waals surface area contributed by atoms with Gasteiger partial charge in [0.05, 0.1) is 19.6 Å². The van der Waals surface area contributed by atoms with Gasteiger partial charge in [0.25, 0.3) is 5.91 Å². The Bertz CT molecular complexity index is 314. The average molecular weight is 193 g/mol. The van der Waals surface area contributed by atoms with Crippen LogP contribution >= 0.6 is 0 Å². The minimum Gasteiger partial charge on any atom is -0.367 e. The number of imide groups is 1. The molecule has 0 aliphatic carbocycles. The molecule has 0 aromatic rings. The molecule has 1 aliphatic rings. The first kappa shape index (κ1) is 10.5. The van der Waals surface area contributed by atoms with Gasteiger partial charge in [-0.25, -0.2) is 0 Å². The molecule has 0 aromatic carbocycles. The maximum Gasteiger partial charge on any atom is 0.256 e. The van der Waals surface area contributed by atoms with Crippen LogP contribution in [-0.2, 0) is 14.3 Å². The zero-order valence-corrected chi connectivity index (χ0v) is 7.78. The molecule has 0 saturated carbocycles. The lowest BCUT2D eigenvalue weighted by molar-refractivity contribution is -0.138. The number of amides is 2. The highest BCUT2D eigenvalue weighted by Gasteiger charge is 2.31. The van der Waals surface area contributed by atoms with E-state index in [2.05, 4.69) is 12.5 Å². The summed E-state index contributed by atoms with van der Waals surface area (Å²) in [7, 11) is 0. The Balaban J connectivity index is 2.38. The van der Waals surface area contributed by atoms with Crippen LogP contribution in [0.5, 0.6) is 0 Å². The van der Waals surface area contributed by atoms with Crippen LogP contribution < -0.4 is 0 Å². The molecule has 2 amide bonds. The summed E-state index contributed by atoms with van der Waals surface area (Å²) in [5.41, 5.74) is 0.340. The second kappa shape index (κ2) is 4.58. The van der Waals surface area contributed by atoms with Crippen LogP contribution in [0.25, 0.3) is 0 Å². The quantitative estimate of drug-likeness (QED) is 0.272. The van der Waals surface area contributed by atoms with Crippen LogP contribution in [0.4, 0.5) is 0 Å². The minimum atomic E-state index is -0.306. The lowest BCUT2D eigenvalue weighted by Gasteiger charge is -2.12. The summed E-state index contributed by atoms with van der Waals surface area (Å²) in [6.07, 6.45) is 5.08. The Morgan fingerprint density at radius 1 is 1.57 bits per heavy atom. The molecule has 0 spiro atoms. The number of nitrogens with zero attached hydrogens (tertiary/aromatic N) is 1. The number of carbonyl (C=O) groups is 2. The largest absolute Gasteiger partial charge is 0.367 e. The first-order chi connectivity index (χ1) is 6.66. The smallest absolute Gasteiger partial charge is 0.256 e. The molecule has 1 fully saturated rings. The van der Waals surface area contributed by atoms with Crippen molar-refractivity contribution in [3.63, 3.8) is 0 Å². The van der Waals surface area contributed by atoms with E-state index in [0.29, 0.717) is 5.57 Å². The standard InChI is InChI=1S/C10H11NO3/c1-3-5-14-6-4-11-9(12)7-8(2)10(11)13/h1H,2,4-7H2. The Morgan fingerprint density at radius 3 is 2.79 bits per heavy atom. The van der Waals surface area contributed by atoms with E-state index in [1.165, 1.54) is 0 Å². The van der Waals surface area contributed by atoms with Crippen molar-refractivity contribution in [1.29, 1.82) is 0 Å². The number of hydrogen-bond acceptors (Lipinski definition) is 3. The monoisotopic (exact) mass is 193 g/mol. The summed E-state index contributed by atoms with van der Waals surface area (Å²) < 4.78 is 4.96. The molecule has 4 heteroatoms. The van der Waals surface area contributed by atoms with Gasteiger partial charge in [0.15, 0.2) is 0 Å². The van der Waals surface area contributed by atoms with Crippen molar-refractivity contribution in [2.45, 2.75) is 6.42 Å². The molecule has 1 aliphatic heterocycles. The van der Waals surface area contributed by atoms with Crippen molar-refractivity contribution in [2.24, 2.45) is 0 Å². The van der Waals surface area contributed by atoms with E-state index in [1.54, 1.807) is 0 Å². The Labute approximate surface area is 82.5 Å². The summed E-state index contributed by atoms with van der Waals surface area (Å²) in [6.45, 7) is 4.21. The first-order valence-corrected chi connectivity index (χ1v) is 4.20. The Hall–Kier alpha value is -1.60. The second-order valence-electron chi connectivity index (χ2n) is 2.89. The fraction of sp³-hybridized carbons (Fsp3) is 0.400. The van der Waals surface area contributed by atoms with Gasteiger partial charge in [0, 0.05) is 5.57 Å². The third-order valence-corrected chi connectivity index (χ3v) is 1.86. The first-order valence-electron chi connectivity index (χ1n) is 4.20. The van der Waals surface area contributed by atoms with E-state index in [0.717, 1.165) is 4.90 Å². The van der Waals surface area contributed by atoms with Crippen LogP contribution in [0.1, 0.15) is 6.42 Å². The van der Waals surface area contributed by atoms with Crippen LogP contribution in [0.2, 0.25) is 0 Å². The summed E-state index contributed by atoms with van der Waals surface area (Å²) in [5.74, 6) is 1.77. The summed E-state index contributed by atoms with van der Waals surface area (Å²) >= 11 is 0. The van der Waals surface area contributed by atoms with Gasteiger partial charge in [-0.1, -0.05) is 12.5 Å². The lowest BCUT2D eigenvalue weighted by atomic mass is 10.3. The molecule has 0 atom stereocenters. The zero-order valence-electron chi connectivity index (χ0n) is 7.78. The van der Waals surface area contributed by atoms with Crippen LogP contribution in [0.15, 0.2) is 12.2 Å². The van der Waals surface area contributed by atoms with Gasteiger partial charge in [0.1, 0.15) is 6.61 Å². The molecule has 1 heterocycles. The normalized spacial score (nSPS) is 16.2. The van der Waals surface area contributed by atoms with Gasteiger partial charge in [0.2, 0.25) is 5.91 Å². The van der Waals surface area contributed by atoms with E-state index in [9.17, 15) is 9.59 Å². The predicted molar refractivity (Wildman–Crippen MR) is 50.1 cm³/mol. The van der Waals surface area contributed by atoms with E-state index in [-0.39, 0.29) is 38.0 Å². The molecule has 0 unspecified atom stereocenters. The molecular weight excluding hydrogens is 182 g/mol. The molecule has 1 rings (SSSR count). The van der Waals surface area contributed by atoms with Crippen LogP contribution in [0.3, 0.4) is 0 Å². The van der Waals surface area contributed by atoms with Gasteiger partial charge in [-0.05, 0) is 0 Å². The molecule has 0 radical (unpaired) electrons. The van der Waals surface area contributed by atoms with Crippen molar-refractivity contribution in [3.8, 4) is 12.3 Å². The molecule has 4 nitrogen and oxygen atoms in total. The summed E-state index contributed by atoms with van der Waals surface area (Å²) in [4.78, 5) is 23.6. The third-order valence-electron chi connectivity index (χ3n) is 1.86. The number of carbonyl (C=O) groups excluding carboxylic acids is 2. The third kappa shape index (κ3) is 2.21. The van der Waals surface area contributed by atoms with Crippen molar-refractivity contribution >= 4 is 11.8 Å². The molecule has 0 aromatic heterocycles. The predicted octanol–water partition coefficient (Wildman–Crippen LogP) is -0.0487. The minimum absolute atomic E-state index is 0.119. The fourth-order valence-corrected chi connectivity index (χ4v) is 1.17. The van der Waals surface area contributed by atoms with Crippen molar-refractivity contribution < 1.29 is 14.3 Å². The average Bonchev–Trinajstić information content (AvgIpc) is 2.38. The van der Waals surface area contributed by atoms with Crippen molar-refractivity contribution in [3.05, 3.63) is 12.2 Å². The highest BCUT2D eigenvalue weighted by atomic mass is 16.5. The molecule has 1 saturated heterocycles. The van der Waals surface area contributed by atoms with Crippen molar-refractivity contribution in [2.75, 3.05) is 19.8 Å². The van der Waals surface area contributed by atoms with E-state index < -0.39 is 0 Å². The Kier molecular flexibility index (Phi) is 3.43. The number of hydrogen-bond donors (Lipinski definition) is 0. The zero-order chi connectivity index (χ0) is 10.6. The van der Waals surface area contributed by atoms with Crippen molar-refractivity contribution in [1.82, 2.24) is 4.90 Å². The maximum absolute atomic E-state index is 11.3. The molecule has 0 bridgehead atoms. The van der Waals surface area contributed by atoms with E-state index in [1.807, 2.05) is 0 Å². The topological polar surface area (TPSA) is 46.6 Å². The number of likely N-dealkylation sites (tertiary alicyclic amines) is 1. The van der Waals surface area contributed by atoms with Gasteiger partial charge >= 0.3 is 0 Å². The number of rotatable bonds is 4. The maximum atomic E-state index is 11.3. The van der Waals surface area contributed by atoms with E-state index in [4.69, 9.17) is 11.2 Å². The molecule has 74 valence electrons. The summed E-state index contributed by atoms with van der Waals surface area (Å²) in [5, 5.41) is 0. The fourth-order valence-electron chi connectivity index (χ4n) is 1.17. The lowest BCUT2D eigenvalue weighted by Crippen LogP contribution is -2.32. The molecular formula is C10H11NO3. The SMILES string of the molecule is C#CCOCCN1C(=O)CC(=C)C1=O. The highest BCUT2D eigenvalue weighted by Crippen LogP contribution is 2.15. The molecule has 14 heavy (non-hydrogen) atoms. The van der Waals surface area contributed by atoms with E-state index >= 15 is 0 Å². The van der Waals surface area contributed by atoms with Gasteiger partial charge < -0.3 is 4.74 Å². The molecule has 0 N–H and O–H groups in total. The highest BCUT2D eigenvalue weighted by molar-refractivity contribution is 6.12. The second-order valence-corrected chi connectivity index (χ2v) is 2.89. The number of terminal acetylenes is 1.